The van der Waals surface area contributed by atoms with Gasteiger partial charge in [-0.1, -0.05) is 25.1 Å². The van der Waals surface area contributed by atoms with E-state index in [1.165, 1.54) is 10.0 Å². The lowest BCUT2D eigenvalue weighted by Gasteiger charge is -2.48. The van der Waals surface area contributed by atoms with Gasteiger partial charge in [0.15, 0.2) is 0 Å². The number of hydrogen-bond donors (Lipinski definition) is 2. The molecular formula is C21H34N6O3. The molecule has 3 amide bonds. The van der Waals surface area contributed by atoms with Crippen LogP contribution in [0.4, 0.5) is 10.5 Å². The van der Waals surface area contributed by atoms with Gasteiger partial charge in [-0.05, 0) is 31.9 Å². The summed E-state index contributed by atoms with van der Waals surface area (Å²) in [4.78, 5) is 29.3. The van der Waals surface area contributed by atoms with Crippen LogP contribution in [0.2, 0.25) is 0 Å². The number of nitrogens with one attached hydrogen (secondary N) is 2. The molecule has 0 unspecified atom stereocenters. The predicted molar refractivity (Wildman–Crippen MR) is 115 cm³/mol. The van der Waals surface area contributed by atoms with E-state index >= 15 is 0 Å². The number of hydrazine groups is 3. The summed E-state index contributed by atoms with van der Waals surface area (Å²) in [5.41, 5.74) is 5.66. The first kappa shape index (κ1) is 18.6. The number of piperidine rings is 1. The predicted octanol–water partition coefficient (Wildman–Crippen LogP) is 1.59. The smallest absolute Gasteiger partial charge is 0.350 e. The van der Waals surface area contributed by atoms with Crippen LogP contribution >= 0.6 is 0 Å². The highest BCUT2D eigenvalue weighted by atomic mass is 16.5. The maximum Gasteiger partial charge on any atom is 0.350 e. The number of benzene rings is 1. The van der Waals surface area contributed by atoms with Crippen molar-refractivity contribution in [2.45, 2.75) is 38.6 Å². The molecule has 2 aliphatic heterocycles. The lowest BCUT2D eigenvalue weighted by Crippen LogP contribution is -2.60. The highest BCUT2D eigenvalue weighted by Gasteiger charge is 2.43. The van der Waals surface area contributed by atoms with Crippen LogP contribution in [0.1, 0.15) is 37.2 Å². The number of rotatable bonds is 9. The van der Waals surface area contributed by atoms with Crippen molar-refractivity contribution in [3.8, 4) is 0 Å². The van der Waals surface area contributed by atoms with E-state index in [0.29, 0.717) is 52.0 Å². The lowest BCUT2D eigenvalue weighted by atomic mass is 9.85. The van der Waals surface area contributed by atoms with Gasteiger partial charge in [0.2, 0.25) is 5.91 Å². The molecule has 3 rings (SSSR count). The first-order valence-electron chi connectivity index (χ1n) is 12.0. The second-order valence-corrected chi connectivity index (χ2v) is 7.67. The molecule has 166 valence electrons. The second kappa shape index (κ2) is 10.2. The molecule has 0 spiro atoms. The van der Waals surface area contributed by atoms with E-state index in [0.717, 1.165) is 5.69 Å². The van der Waals surface area contributed by atoms with Crippen LogP contribution in [0.3, 0.4) is 0 Å². The molecule has 0 atom stereocenters. The summed E-state index contributed by atoms with van der Waals surface area (Å²) in [6.45, 7) is 6.63. The Labute approximate surface area is 183 Å². The van der Waals surface area contributed by atoms with Crippen molar-refractivity contribution >= 4 is 17.6 Å². The van der Waals surface area contributed by atoms with E-state index in [-0.39, 0.29) is 18.5 Å². The van der Waals surface area contributed by atoms with Crippen LogP contribution in [0, 0.1) is 0 Å². The molecule has 9 heteroatoms. The summed E-state index contributed by atoms with van der Waals surface area (Å²) in [5.74, 6) is -0.0682. The lowest BCUT2D eigenvalue weighted by molar-refractivity contribution is -0.120. The summed E-state index contributed by atoms with van der Waals surface area (Å²) in [6, 6.07) is 9.23. The van der Waals surface area contributed by atoms with E-state index in [1.54, 1.807) is 11.8 Å². The van der Waals surface area contributed by atoms with Gasteiger partial charge in [0, 0.05) is 45.3 Å². The van der Waals surface area contributed by atoms with Crippen molar-refractivity contribution in [3.05, 3.63) is 30.3 Å². The molecule has 9 nitrogen and oxygen atoms in total. The van der Waals surface area contributed by atoms with Gasteiger partial charge >= 0.3 is 6.03 Å². The first-order chi connectivity index (χ1) is 15.7. The zero-order valence-electron chi connectivity index (χ0n) is 20.8. The average molecular weight is 422 g/mol. The minimum atomic E-state index is -2.54. The Morgan fingerprint density at radius 2 is 1.87 bits per heavy atom. The molecule has 0 saturated carbocycles. The molecule has 0 aromatic heterocycles. The number of para-hydroxylation sites is 1. The average Bonchev–Trinajstić information content (AvgIpc) is 3.17. The van der Waals surface area contributed by atoms with E-state index in [2.05, 4.69) is 16.0 Å². The van der Waals surface area contributed by atoms with Gasteiger partial charge in [-0.15, -0.1) is 11.1 Å². The fraction of sp³-hybridized carbons (Fsp3) is 0.619. The molecule has 2 aliphatic rings. The van der Waals surface area contributed by atoms with Crippen molar-refractivity contribution in [1.82, 2.24) is 26.0 Å². The van der Waals surface area contributed by atoms with Crippen LogP contribution in [0.5, 0.6) is 0 Å². The number of anilines is 1. The second-order valence-electron chi connectivity index (χ2n) is 7.67. The first-order valence-corrected chi connectivity index (χ1v) is 10.5. The fourth-order valence-corrected chi connectivity index (χ4v) is 4.15. The summed E-state index contributed by atoms with van der Waals surface area (Å²) in [6.07, 6.45) is 1.42. The van der Waals surface area contributed by atoms with Gasteiger partial charge in [0.05, 0.1) is 22.8 Å². The molecule has 2 fully saturated rings. The van der Waals surface area contributed by atoms with Gasteiger partial charge in [-0.3, -0.25) is 4.79 Å². The SMILES string of the molecule is [2H]C([2H])([2H])OCC1(N(C(=O)CC)c2ccccc2)CCN(CCN2NNN(CC)C2=O)CC1. The number of nitrogens with zero attached hydrogens (tertiary/aromatic N) is 4. The number of urea groups is 1. The highest BCUT2D eigenvalue weighted by Crippen LogP contribution is 2.34. The molecule has 1 aromatic carbocycles. The molecule has 2 saturated heterocycles. The third-order valence-electron chi connectivity index (χ3n) is 5.91. The Kier molecular flexibility index (Phi) is 6.32. The molecule has 0 radical (unpaired) electrons. The largest absolute Gasteiger partial charge is 0.382 e. The molecular weight excluding hydrogens is 384 g/mol. The van der Waals surface area contributed by atoms with E-state index in [9.17, 15) is 9.59 Å². The van der Waals surface area contributed by atoms with Crippen LogP contribution in [-0.2, 0) is 9.53 Å². The van der Waals surface area contributed by atoms with E-state index < -0.39 is 12.6 Å². The number of carbonyl (C=O) groups excluding carboxylic acids is 2. The molecule has 2 N–H and O–H groups in total. The Balaban J connectivity index is 1.72. The summed E-state index contributed by atoms with van der Waals surface area (Å²) < 4.78 is 27.9. The minimum absolute atomic E-state index is 0.0682. The standard InChI is InChI=1S/C21H34N6O3/c1-4-19(28)27(18-9-7-6-8-10-18)21(17-30-3)11-13-24(14-12-21)15-16-26-20(29)25(5-2)22-23-26/h6-10,22-23H,4-5,11-17H2,1-3H3/i3D3. The van der Waals surface area contributed by atoms with Gasteiger partial charge in [-0.25, -0.2) is 14.8 Å². The molecule has 30 heavy (non-hydrogen) atoms. The van der Waals surface area contributed by atoms with Crippen LogP contribution in [0.15, 0.2) is 30.3 Å². The van der Waals surface area contributed by atoms with Gasteiger partial charge in [0.25, 0.3) is 0 Å². The summed E-state index contributed by atoms with van der Waals surface area (Å²) >= 11 is 0. The van der Waals surface area contributed by atoms with E-state index in [4.69, 9.17) is 8.85 Å². The van der Waals surface area contributed by atoms with Gasteiger partial charge in [0.1, 0.15) is 0 Å². The van der Waals surface area contributed by atoms with Crippen molar-refractivity contribution in [2.24, 2.45) is 0 Å². The van der Waals surface area contributed by atoms with Crippen molar-refractivity contribution in [1.29, 1.82) is 0 Å². The van der Waals surface area contributed by atoms with Gasteiger partial charge in [-0.2, -0.15) is 0 Å². The van der Waals surface area contributed by atoms with E-state index in [1.807, 2.05) is 37.3 Å². The number of amides is 3. The number of methoxy groups -OCH3 is 1. The maximum atomic E-state index is 13.1. The quantitative estimate of drug-likeness (QED) is 0.630. The Hall–Kier alpha value is -2.20. The number of ether oxygens (including phenoxy) is 1. The fourth-order valence-electron chi connectivity index (χ4n) is 4.15. The van der Waals surface area contributed by atoms with Crippen LogP contribution in [0.25, 0.3) is 0 Å². The topological polar surface area (TPSA) is 80.4 Å². The molecule has 0 aliphatic carbocycles. The van der Waals surface area contributed by atoms with Crippen LogP contribution < -0.4 is 16.0 Å². The summed E-state index contributed by atoms with van der Waals surface area (Å²) in [5, 5.41) is 3.02. The maximum absolute atomic E-state index is 13.1. The Bertz CT molecular complexity index is 802. The van der Waals surface area contributed by atoms with Crippen molar-refractivity contribution in [2.75, 3.05) is 51.3 Å². The number of carbonyl (C=O) groups is 2. The molecule has 1 aromatic rings. The minimum Gasteiger partial charge on any atom is -0.382 e. The number of hydrogen-bond acceptors (Lipinski definition) is 6. The van der Waals surface area contributed by atoms with Crippen molar-refractivity contribution in [3.63, 3.8) is 0 Å². The monoisotopic (exact) mass is 421 g/mol. The zero-order chi connectivity index (χ0) is 24.1. The third kappa shape index (κ3) is 4.75. The van der Waals surface area contributed by atoms with Crippen LogP contribution in [-0.4, -0.2) is 78.8 Å². The summed E-state index contributed by atoms with van der Waals surface area (Å²) in [7, 11) is -2.54. The molecule has 2 heterocycles. The highest BCUT2D eigenvalue weighted by molar-refractivity contribution is 5.94. The third-order valence-corrected chi connectivity index (χ3v) is 5.91. The normalized spacial score (nSPS) is 21.3. The molecule has 0 bridgehead atoms. The van der Waals surface area contributed by atoms with Crippen molar-refractivity contribution < 1.29 is 18.4 Å². The number of likely N-dealkylation sites (tertiary alicyclic amines) is 1. The Morgan fingerprint density at radius 1 is 1.17 bits per heavy atom. The van der Waals surface area contributed by atoms with Gasteiger partial charge < -0.3 is 14.5 Å². The zero-order valence-corrected chi connectivity index (χ0v) is 17.8. The Morgan fingerprint density at radius 3 is 2.47 bits per heavy atom.